The molecule has 0 aliphatic rings. The first kappa shape index (κ1) is 12.5. The van der Waals surface area contributed by atoms with E-state index in [1.165, 1.54) is 0 Å². The first-order valence-corrected chi connectivity index (χ1v) is 5.59. The van der Waals surface area contributed by atoms with Gasteiger partial charge in [0.1, 0.15) is 0 Å². The first-order valence-electron chi connectivity index (χ1n) is 5.59. The molecule has 0 radical (unpaired) electrons. The molecule has 1 aromatic heterocycles. The van der Waals surface area contributed by atoms with Crippen molar-refractivity contribution in [3.05, 3.63) is 42.1 Å². The fourth-order valence-corrected chi connectivity index (χ4v) is 1.45. The maximum atomic E-state index is 5.58. The molecule has 0 spiro atoms. The minimum atomic E-state index is 0.524. The van der Waals surface area contributed by atoms with Gasteiger partial charge in [0, 0.05) is 19.2 Å². The summed E-state index contributed by atoms with van der Waals surface area (Å²) < 4.78 is 1.82. The highest BCUT2D eigenvalue weighted by Crippen LogP contribution is 2.17. The highest BCUT2D eigenvalue weighted by molar-refractivity contribution is 5.59. The van der Waals surface area contributed by atoms with E-state index >= 15 is 0 Å². The molecule has 0 aliphatic heterocycles. The number of nitrogens with two attached hydrogens (primary N) is 1. The first-order chi connectivity index (χ1) is 7.81. The summed E-state index contributed by atoms with van der Waals surface area (Å²) in [5.74, 6) is 0. The van der Waals surface area contributed by atoms with Crippen LogP contribution in [0.3, 0.4) is 0 Å². The standard InChI is InChI=1S/C11H13N3.C2H6/c1-14-10(8-12)7-11(13-14)9-5-3-2-4-6-9;1-2/h2-7H,8,12H2,1H3;1-2H3. The summed E-state index contributed by atoms with van der Waals surface area (Å²) in [5.41, 5.74) is 8.73. The van der Waals surface area contributed by atoms with Crippen molar-refractivity contribution in [3.63, 3.8) is 0 Å². The molecule has 2 N–H and O–H groups in total. The number of benzene rings is 1. The van der Waals surface area contributed by atoms with Crippen molar-refractivity contribution >= 4 is 0 Å². The van der Waals surface area contributed by atoms with Crippen LogP contribution in [0.15, 0.2) is 36.4 Å². The number of hydrogen-bond acceptors (Lipinski definition) is 2. The Morgan fingerprint density at radius 1 is 1.19 bits per heavy atom. The Labute approximate surface area is 96.9 Å². The Balaban J connectivity index is 0.000000606. The molecule has 0 amide bonds. The maximum Gasteiger partial charge on any atom is 0.0926 e. The van der Waals surface area contributed by atoms with Crippen LogP contribution in [0.4, 0.5) is 0 Å². The third-order valence-corrected chi connectivity index (χ3v) is 2.26. The molecule has 0 atom stereocenters. The summed E-state index contributed by atoms with van der Waals surface area (Å²) in [6.45, 7) is 4.52. The third-order valence-electron chi connectivity index (χ3n) is 2.26. The summed E-state index contributed by atoms with van der Waals surface area (Å²) in [5, 5.41) is 4.39. The molecule has 0 unspecified atom stereocenters. The van der Waals surface area contributed by atoms with Crippen LogP contribution in [0.5, 0.6) is 0 Å². The molecule has 3 nitrogen and oxygen atoms in total. The Hall–Kier alpha value is -1.61. The molecule has 1 heterocycles. The second-order valence-corrected chi connectivity index (χ2v) is 3.21. The number of aromatic nitrogens is 2. The van der Waals surface area contributed by atoms with Gasteiger partial charge in [-0.25, -0.2) is 0 Å². The second kappa shape index (κ2) is 6.08. The van der Waals surface area contributed by atoms with Crippen LogP contribution in [0.1, 0.15) is 19.5 Å². The number of nitrogens with zero attached hydrogens (tertiary/aromatic N) is 2. The fourth-order valence-electron chi connectivity index (χ4n) is 1.45. The zero-order valence-corrected chi connectivity index (χ0v) is 10.1. The van der Waals surface area contributed by atoms with Crippen molar-refractivity contribution in [2.45, 2.75) is 20.4 Å². The van der Waals surface area contributed by atoms with Gasteiger partial charge in [-0.3, -0.25) is 4.68 Å². The van der Waals surface area contributed by atoms with Crippen LogP contribution in [-0.2, 0) is 13.6 Å². The molecule has 0 bridgehead atoms. The summed E-state index contributed by atoms with van der Waals surface area (Å²) in [4.78, 5) is 0. The van der Waals surface area contributed by atoms with Gasteiger partial charge in [-0.1, -0.05) is 44.2 Å². The largest absolute Gasteiger partial charge is 0.325 e. The van der Waals surface area contributed by atoms with Crippen LogP contribution >= 0.6 is 0 Å². The van der Waals surface area contributed by atoms with Crippen molar-refractivity contribution < 1.29 is 0 Å². The van der Waals surface area contributed by atoms with Crippen molar-refractivity contribution in [1.29, 1.82) is 0 Å². The van der Waals surface area contributed by atoms with Gasteiger partial charge < -0.3 is 5.73 Å². The van der Waals surface area contributed by atoms with Gasteiger partial charge in [0.25, 0.3) is 0 Å². The minimum absolute atomic E-state index is 0.524. The topological polar surface area (TPSA) is 43.8 Å². The molecule has 2 aromatic rings. The number of hydrogen-bond donors (Lipinski definition) is 1. The Bertz CT molecular complexity index is 418. The molecule has 0 fully saturated rings. The lowest BCUT2D eigenvalue weighted by Crippen LogP contribution is -2.03. The predicted molar refractivity (Wildman–Crippen MR) is 67.9 cm³/mol. The summed E-state index contributed by atoms with van der Waals surface area (Å²) in [6.07, 6.45) is 0. The van der Waals surface area contributed by atoms with E-state index in [0.29, 0.717) is 6.54 Å². The van der Waals surface area contributed by atoms with Crippen LogP contribution in [0.2, 0.25) is 0 Å². The van der Waals surface area contributed by atoms with Gasteiger partial charge in [-0.05, 0) is 6.07 Å². The molecule has 3 heteroatoms. The van der Waals surface area contributed by atoms with E-state index in [1.807, 2.05) is 62.0 Å². The predicted octanol–water partition coefficient (Wildman–Crippen LogP) is 2.57. The van der Waals surface area contributed by atoms with Crippen LogP contribution in [0, 0.1) is 0 Å². The maximum absolute atomic E-state index is 5.58. The van der Waals surface area contributed by atoms with E-state index in [4.69, 9.17) is 5.73 Å². The molecule has 0 saturated carbocycles. The molecule has 0 saturated heterocycles. The average Bonchev–Trinajstić information content (AvgIpc) is 2.74. The van der Waals surface area contributed by atoms with E-state index < -0.39 is 0 Å². The van der Waals surface area contributed by atoms with Gasteiger partial charge in [0.2, 0.25) is 0 Å². The highest BCUT2D eigenvalue weighted by Gasteiger charge is 2.04. The lowest BCUT2D eigenvalue weighted by atomic mass is 10.1. The zero-order valence-electron chi connectivity index (χ0n) is 10.1. The van der Waals surface area contributed by atoms with E-state index in [1.54, 1.807) is 0 Å². The lowest BCUT2D eigenvalue weighted by Gasteiger charge is -1.94. The Morgan fingerprint density at radius 3 is 2.31 bits per heavy atom. The van der Waals surface area contributed by atoms with Crippen LogP contribution in [-0.4, -0.2) is 9.78 Å². The Kier molecular flexibility index (Phi) is 4.73. The van der Waals surface area contributed by atoms with Gasteiger partial charge in [-0.15, -0.1) is 0 Å². The third kappa shape index (κ3) is 2.70. The molecule has 1 aromatic carbocycles. The molecule has 0 aliphatic carbocycles. The summed E-state index contributed by atoms with van der Waals surface area (Å²) >= 11 is 0. The normalized spacial score (nSPS) is 9.50. The number of aryl methyl sites for hydroxylation is 1. The molecular weight excluding hydrogens is 198 g/mol. The molecule has 86 valence electrons. The van der Waals surface area contributed by atoms with Gasteiger partial charge in [0.15, 0.2) is 0 Å². The summed E-state index contributed by atoms with van der Waals surface area (Å²) in [7, 11) is 1.91. The van der Waals surface area contributed by atoms with Crippen molar-refractivity contribution in [2.75, 3.05) is 0 Å². The Morgan fingerprint density at radius 2 is 1.81 bits per heavy atom. The van der Waals surface area contributed by atoms with Crippen molar-refractivity contribution in [2.24, 2.45) is 12.8 Å². The van der Waals surface area contributed by atoms with E-state index in [-0.39, 0.29) is 0 Å². The van der Waals surface area contributed by atoms with Crippen molar-refractivity contribution in [1.82, 2.24) is 9.78 Å². The van der Waals surface area contributed by atoms with E-state index in [2.05, 4.69) is 5.10 Å². The molecule has 2 rings (SSSR count). The van der Waals surface area contributed by atoms with E-state index in [9.17, 15) is 0 Å². The SMILES string of the molecule is CC.Cn1nc(-c2ccccc2)cc1CN. The highest BCUT2D eigenvalue weighted by atomic mass is 15.3. The zero-order chi connectivity index (χ0) is 12.0. The second-order valence-electron chi connectivity index (χ2n) is 3.21. The fraction of sp³-hybridized carbons (Fsp3) is 0.308. The minimum Gasteiger partial charge on any atom is -0.325 e. The van der Waals surface area contributed by atoms with Crippen molar-refractivity contribution in [3.8, 4) is 11.3 Å². The smallest absolute Gasteiger partial charge is 0.0926 e. The summed E-state index contributed by atoms with van der Waals surface area (Å²) in [6, 6.07) is 12.1. The van der Waals surface area contributed by atoms with Gasteiger partial charge in [0.05, 0.1) is 11.4 Å². The molecule has 16 heavy (non-hydrogen) atoms. The molecular formula is C13H19N3. The average molecular weight is 217 g/mol. The van der Waals surface area contributed by atoms with Crippen LogP contribution < -0.4 is 5.73 Å². The monoisotopic (exact) mass is 217 g/mol. The lowest BCUT2D eigenvalue weighted by molar-refractivity contribution is 0.714. The van der Waals surface area contributed by atoms with Gasteiger partial charge >= 0.3 is 0 Å². The van der Waals surface area contributed by atoms with E-state index in [0.717, 1.165) is 17.0 Å². The van der Waals surface area contributed by atoms with Crippen LogP contribution in [0.25, 0.3) is 11.3 Å². The quantitative estimate of drug-likeness (QED) is 0.840. The van der Waals surface area contributed by atoms with Gasteiger partial charge in [-0.2, -0.15) is 5.10 Å². The number of rotatable bonds is 2.